The highest BCUT2D eigenvalue weighted by Crippen LogP contribution is 2.41. The highest BCUT2D eigenvalue weighted by molar-refractivity contribution is 5.92. The summed E-state index contributed by atoms with van der Waals surface area (Å²) in [6, 6.07) is 14.3. The first kappa shape index (κ1) is 16.3. The Morgan fingerprint density at radius 3 is 2.73 bits per heavy atom. The first-order valence-electron chi connectivity index (χ1n) is 8.64. The summed E-state index contributed by atoms with van der Waals surface area (Å²) in [6.07, 6.45) is 8.44. The molecule has 2 aromatic heterocycles. The number of hydrogen-bond donors (Lipinski definition) is 1. The molecule has 1 aromatic carbocycles. The molecular weight excluding hydrogens is 326 g/mol. The molecule has 0 radical (unpaired) electrons. The molecule has 0 amide bonds. The molecule has 1 aliphatic carbocycles. The maximum atomic E-state index is 12.1. The number of pyridine rings is 1. The van der Waals surface area contributed by atoms with E-state index >= 15 is 0 Å². The molecule has 1 N–H and O–H groups in total. The van der Waals surface area contributed by atoms with E-state index in [2.05, 4.69) is 39.5 Å². The number of aromatic amines is 1. The Morgan fingerprint density at radius 2 is 2.00 bits per heavy atom. The molecule has 0 fully saturated rings. The van der Waals surface area contributed by atoms with E-state index in [1.54, 1.807) is 13.1 Å². The maximum absolute atomic E-state index is 12.1. The Kier molecular flexibility index (Phi) is 4.13. The normalized spacial score (nSPS) is 18.3. The Bertz CT molecular complexity index is 906. The molecule has 130 valence electrons. The van der Waals surface area contributed by atoms with E-state index in [0.717, 1.165) is 16.8 Å². The van der Waals surface area contributed by atoms with Crippen molar-refractivity contribution in [2.45, 2.75) is 18.8 Å². The first-order chi connectivity index (χ1) is 12.7. The summed E-state index contributed by atoms with van der Waals surface area (Å²) >= 11 is 0. The van der Waals surface area contributed by atoms with E-state index in [9.17, 15) is 4.79 Å². The molecule has 0 spiro atoms. The van der Waals surface area contributed by atoms with Crippen LogP contribution in [0.25, 0.3) is 6.08 Å². The largest absolute Gasteiger partial charge is 0.461 e. The molecule has 2 heterocycles. The molecule has 0 saturated heterocycles. The van der Waals surface area contributed by atoms with Gasteiger partial charge in [0.05, 0.1) is 6.61 Å². The molecule has 1 unspecified atom stereocenters. The maximum Gasteiger partial charge on any atom is 0.359 e. The zero-order valence-electron chi connectivity index (χ0n) is 14.5. The average molecular weight is 345 g/mol. The van der Waals surface area contributed by atoms with E-state index < -0.39 is 5.97 Å². The SMILES string of the molecule is CCOC(=O)c1n[nH]c2c1C=CC(c1ccccc1)(c1cccnc1)C2. The number of carbonyl (C=O) groups excluding carboxylic acids is 1. The summed E-state index contributed by atoms with van der Waals surface area (Å²) in [5.41, 5.74) is 3.97. The highest BCUT2D eigenvalue weighted by Gasteiger charge is 2.37. The average Bonchev–Trinajstić information content (AvgIpc) is 3.12. The van der Waals surface area contributed by atoms with Crippen molar-refractivity contribution in [3.05, 3.63) is 89.0 Å². The Morgan fingerprint density at radius 1 is 1.19 bits per heavy atom. The molecule has 0 saturated carbocycles. The molecule has 5 nitrogen and oxygen atoms in total. The van der Waals surface area contributed by atoms with Gasteiger partial charge < -0.3 is 4.74 Å². The molecule has 0 bridgehead atoms. The lowest BCUT2D eigenvalue weighted by Crippen LogP contribution is -2.30. The number of hydrogen-bond acceptors (Lipinski definition) is 4. The lowest BCUT2D eigenvalue weighted by Gasteiger charge is -2.34. The fourth-order valence-corrected chi connectivity index (χ4v) is 3.54. The van der Waals surface area contributed by atoms with Gasteiger partial charge in [0.25, 0.3) is 0 Å². The molecule has 1 aliphatic rings. The van der Waals surface area contributed by atoms with E-state index in [4.69, 9.17) is 4.74 Å². The lowest BCUT2D eigenvalue weighted by atomic mass is 9.69. The van der Waals surface area contributed by atoms with Gasteiger partial charge in [0.15, 0.2) is 5.69 Å². The Hall–Kier alpha value is -3.21. The predicted octanol–water partition coefficient (Wildman–Crippen LogP) is 3.54. The van der Waals surface area contributed by atoms with Crippen molar-refractivity contribution >= 4 is 12.0 Å². The number of aromatic nitrogens is 3. The van der Waals surface area contributed by atoms with Crippen LogP contribution in [0.2, 0.25) is 0 Å². The third kappa shape index (κ3) is 2.62. The van der Waals surface area contributed by atoms with Gasteiger partial charge in [0.1, 0.15) is 0 Å². The lowest BCUT2D eigenvalue weighted by molar-refractivity contribution is 0.0519. The first-order valence-corrected chi connectivity index (χ1v) is 8.64. The van der Waals surface area contributed by atoms with Gasteiger partial charge >= 0.3 is 5.97 Å². The standard InChI is InChI=1S/C21H19N3O2/c1-2-26-20(25)19-17-10-11-21(13-18(17)23-24-19,15-7-4-3-5-8-15)16-9-6-12-22-14-16/h3-12,14H,2,13H2,1H3,(H,23,24). The smallest absolute Gasteiger partial charge is 0.359 e. The summed E-state index contributed by atoms with van der Waals surface area (Å²) in [5, 5.41) is 7.24. The van der Waals surface area contributed by atoms with Crippen LogP contribution >= 0.6 is 0 Å². The van der Waals surface area contributed by atoms with E-state index in [0.29, 0.717) is 18.7 Å². The van der Waals surface area contributed by atoms with Crippen LogP contribution in [-0.4, -0.2) is 27.8 Å². The molecule has 3 aromatic rings. The molecule has 26 heavy (non-hydrogen) atoms. The van der Waals surface area contributed by atoms with Crippen LogP contribution in [0.1, 0.15) is 39.8 Å². The molecule has 1 atom stereocenters. The zero-order chi connectivity index (χ0) is 18.0. The molecule has 0 aliphatic heterocycles. The minimum absolute atomic E-state index is 0.327. The van der Waals surface area contributed by atoms with Gasteiger partial charge in [-0.15, -0.1) is 0 Å². The van der Waals surface area contributed by atoms with Crippen LogP contribution in [0.5, 0.6) is 0 Å². The van der Waals surface area contributed by atoms with Crippen molar-refractivity contribution in [3.8, 4) is 0 Å². The molecule has 4 rings (SSSR count). The summed E-state index contributed by atoms with van der Waals surface area (Å²) in [5.74, 6) is -0.400. The van der Waals surface area contributed by atoms with E-state index in [-0.39, 0.29) is 5.41 Å². The van der Waals surface area contributed by atoms with E-state index in [1.807, 2.05) is 36.5 Å². The summed E-state index contributed by atoms with van der Waals surface area (Å²) < 4.78 is 5.11. The van der Waals surface area contributed by atoms with Gasteiger partial charge in [0.2, 0.25) is 0 Å². The van der Waals surface area contributed by atoms with Crippen molar-refractivity contribution in [2.75, 3.05) is 6.61 Å². The highest BCUT2D eigenvalue weighted by atomic mass is 16.5. The molecule has 5 heteroatoms. The number of nitrogens with one attached hydrogen (secondary N) is 1. The number of carbonyl (C=O) groups is 1. The van der Waals surface area contributed by atoms with Crippen molar-refractivity contribution in [3.63, 3.8) is 0 Å². The topological polar surface area (TPSA) is 67.9 Å². The van der Waals surface area contributed by atoms with Gasteiger partial charge in [-0.1, -0.05) is 48.6 Å². The second kappa shape index (κ2) is 6.59. The van der Waals surface area contributed by atoms with Crippen LogP contribution in [0.15, 0.2) is 60.9 Å². The number of esters is 1. The van der Waals surface area contributed by atoms with Crippen molar-refractivity contribution < 1.29 is 9.53 Å². The van der Waals surface area contributed by atoms with Crippen molar-refractivity contribution in [1.82, 2.24) is 15.2 Å². The summed E-state index contributed by atoms with van der Waals surface area (Å²) in [4.78, 5) is 16.4. The van der Waals surface area contributed by atoms with E-state index in [1.165, 1.54) is 5.56 Å². The van der Waals surface area contributed by atoms with Gasteiger partial charge in [0, 0.05) is 35.5 Å². The van der Waals surface area contributed by atoms with Gasteiger partial charge in [-0.05, 0) is 24.1 Å². The van der Waals surface area contributed by atoms with Gasteiger partial charge in [-0.2, -0.15) is 5.10 Å². The number of nitrogens with zero attached hydrogens (tertiary/aromatic N) is 2. The number of benzene rings is 1. The third-order valence-electron chi connectivity index (χ3n) is 4.81. The predicted molar refractivity (Wildman–Crippen MR) is 98.7 cm³/mol. The third-order valence-corrected chi connectivity index (χ3v) is 4.81. The Balaban J connectivity index is 1.83. The molecular formula is C21H19N3O2. The Labute approximate surface area is 151 Å². The second-order valence-electron chi connectivity index (χ2n) is 6.27. The number of fused-ring (bicyclic) bond motifs is 1. The van der Waals surface area contributed by atoms with Crippen LogP contribution in [0.3, 0.4) is 0 Å². The minimum Gasteiger partial charge on any atom is -0.461 e. The summed E-state index contributed by atoms with van der Waals surface area (Å²) in [7, 11) is 0. The van der Waals surface area contributed by atoms with Crippen LogP contribution in [0, 0.1) is 0 Å². The van der Waals surface area contributed by atoms with Crippen LogP contribution < -0.4 is 0 Å². The van der Waals surface area contributed by atoms with Gasteiger partial charge in [-0.3, -0.25) is 10.1 Å². The van der Waals surface area contributed by atoms with Crippen molar-refractivity contribution in [2.24, 2.45) is 0 Å². The number of ether oxygens (including phenoxy) is 1. The number of allylic oxidation sites excluding steroid dienone is 1. The quantitative estimate of drug-likeness (QED) is 0.735. The summed E-state index contributed by atoms with van der Waals surface area (Å²) in [6.45, 7) is 2.11. The monoisotopic (exact) mass is 345 g/mol. The zero-order valence-corrected chi connectivity index (χ0v) is 14.5. The minimum atomic E-state index is -0.400. The fraction of sp³-hybridized carbons (Fsp3) is 0.190. The number of rotatable bonds is 4. The van der Waals surface area contributed by atoms with Gasteiger partial charge in [-0.25, -0.2) is 4.79 Å². The second-order valence-corrected chi connectivity index (χ2v) is 6.27. The van der Waals surface area contributed by atoms with Crippen LogP contribution in [-0.2, 0) is 16.6 Å². The van der Waals surface area contributed by atoms with Crippen molar-refractivity contribution in [1.29, 1.82) is 0 Å². The fourth-order valence-electron chi connectivity index (χ4n) is 3.54. The van der Waals surface area contributed by atoms with Crippen LogP contribution in [0.4, 0.5) is 0 Å². The number of H-pyrrole nitrogens is 1.